The SMILES string of the molecule is Cc1ccc2c(CC(=O)NCc3cccc(C(=O)NCc4ccco4)c3)coc2c1C. The molecule has 2 amide bonds. The van der Waals surface area contributed by atoms with Crippen molar-refractivity contribution in [3.05, 3.63) is 94.6 Å². The van der Waals surface area contributed by atoms with Crippen LogP contribution in [-0.4, -0.2) is 11.8 Å². The molecule has 0 aliphatic carbocycles. The minimum absolute atomic E-state index is 0.103. The molecule has 0 bridgehead atoms. The molecule has 31 heavy (non-hydrogen) atoms. The minimum Gasteiger partial charge on any atom is -0.467 e. The lowest BCUT2D eigenvalue weighted by atomic mass is 10.0. The van der Waals surface area contributed by atoms with Gasteiger partial charge >= 0.3 is 0 Å². The van der Waals surface area contributed by atoms with Crippen LogP contribution in [0.1, 0.15) is 38.4 Å². The van der Waals surface area contributed by atoms with Crippen LogP contribution in [-0.2, 0) is 24.3 Å². The van der Waals surface area contributed by atoms with E-state index in [4.69, 9.17) is 8.83 Å². The lowest BCUT2D eigenvalue weighted by Crippen LogP contribution is -2.25. The number of fused-ring (bicyclic) bond motifs is 1. The molecule has 0 fully saturated rings. The van der Waals surface area contributed by atoms with E-state index in [-0.39, 0.29) is 18.2 Å². The number of aryl methyl sites for hydroxylation is 2. The zero-order chi connectivity index (χ0) is 21.8. The average molecular weight is 416 g/mol. The molecule has 0 saturated carbocycles. The zero-order valence-corrected chi connectivity index (χ0v) is 17.5. The molecule has 0 spiro atoms. The fourth-order valence-electron chi connectivity index (χ4n) is 3.47. The van der Waals surface area contributed by atoms with Crippen LogP contribution < -0.4 is 10.6 Å². The number of nitrogens with one attached hydrogen (secondary N) is 2. The van der Waals surface area contributed by atoms with Gasteiger partial charge in [0.1, 0.15) is 11.3 Å². The maximum Gasteiger partial charge on any atom is 0.251 e. The summed E-state index contributed by atoms with van der Waals surface area (Å²) >= 11 is 0. The van der Waals surface area contributed by atoms with E-state index in [1.54, 1.807) is 42.9 Å². The zero-order valence-electron chi connectivity index (χ0n) is 17.5. The molecule has 2 N–H and O–H groups in total. The van der Waals surface area contributed by atoms with Crippen LogP contribution in [0.3, 0.4) is 0 Å². The summed E-state index contributed by atoms with van der Waals surface area (Å²) in [5, 5.41) is 6.71. The van der Waals surface area contributed by atoms with E-state index in [9.17, 15) is 9.59 Å². The van der Waals surface area contributed by atoms with Crippen LogP contribution in [0.4, 0.5) is 0 Å². The number of benzene rings is 2. The van der Waals surface area contributed by atoms with Gasteiger partial charge in [-0.25, -0.2) is 0 Å². The van der Waals surface area contributed by atoms with Crippen LogP contribution in [0, 0.1) is 13.8 Å². The summed E-state index contributed by atoms with van der Waals surface area (Å²) in [5.74, 6) is 0.391. The van der Waals surface area contributed by atoms with Crippen molar-refractivity contribution >= 4 is 22.8 Å². The summed E-state index contributed by atoms with van der Waals surface area (Å²) in [4.78, 5) is 24.9. The second-order valence-corrected chi connectivity index (χ2v) is 7.56. The van der Waals surface area contributed by atoms with Gasteiger partial charge in [0.2, 0.25) is 5.91 Å². The third kappa shape index (κ3) is 4.69. The lowest BCUT2D eigenvalue weighted by molar-refractivity contribution is -0.120. The molecule has 6 nitrogen and oxygen atoms in total. The predicted molar refractivity (Wildman–Crippen MR) is 118 cm³/mol. The molecule has 4 rings (SSSR count). The molecule has 0 aliphatic heterocycles. The summed E-state index contributed by atoms with van der Waals surface area (Å²) in [6.07, 6.45) is 3.46. The Kier molecular flexibility index (Phi) is 5.89. The highest BCUT2D eigenvalue weighted by atomic mass is 16.3. The van der Waals surface area contributed by atoms with E-state index in [1.165, 1.54) is 0 Å². The van der Waals surface area contributed by atoms with E-state index in [0.717, 1.165) is 33.2 Å². The topological polar surface area (TPSA) is 84.5 Å². The first-order chi connectivity index (χ1) is 15.0. The quantitative estimate of drug-likeness (QED) is 0.467. The third-order valence-corrected chi connectivity index (χ3v) is 5.37. The maximum absolute atomic E-state index is 12.5. The Morgan fingerprint density at radius 3 is 2.61 bits per heavy atom. The molecule has 158 valence electrons. The Morgan fingerprint density at radius 2 is 1.81 bits per heavy atom. The van der Waals surface area contributed by atoms with Crippen LogP contribution in [0.15, 0.2) is 69.9 Å². The van der Waals surface area contributed by atoms with Gasteiger partial charge in [0, 0.05) is 23.1 Å². The van der Waals surface area contributed by atoms with Crippen molar-refractivity contribution in [3.63, 3.8) is 0 Å². The van der Waals surface area contributed by atoms with Gasteiger partial charge in [-0.05, 0) is 54.8 Å². The highest BCUT2D eigenvalue weighted by molar-refractivity contribution is 5.94. The van der Waals surface area contributed by atoms with Gasteiger partial charge in [0.15, 0.2) is 0 Å². The molecule has 2 heterocycles. The standard InChI is InChI=1S/C25H24N2O4/c1-16-8-9-22-20(15-31-24(22)17(16)2)12-23(28)26-13-18-5-3-6-19(11-18)25(29)27-14-21-7-4-10-30-21/h3-11,15H,12-14H2,1-2H3,(H,26,28)(H,27,29). The van der Waals surface area contributed by atoms with Gasteiger partial charge in [-0.15, -0.1) is 0 Å². The van der Waals surface area contributed by atoms with Crippen molar-refractivity contribution in [3.8, 4) is 0 Å². The molecule has 0 aliphatic rings. The fourth-order valence-corrected chi connectivity index (χ4v) is 3.47. The predicted octanol–water partition coefficient (Wildman–Crippen LogP) is 4.43. The first-order valence-electron chi connectivity index (χ1n) is 10.1. The first kappa shape index (κ1) is 20.5. The van der Waals surface area contributed by atoms with Crippen molar-refractivity contribution in [2.24, 2.45) is 0 Å². The molecule has 6 heteroatoms. The molecule has 0 radical (unpaired) electrons. The van der Waals surface area contributed by atoms with Crippen molar-refractivity contribution < 1.29 is 18.4 Å². The van der Waals surface area contributed by atoms with Crippen molar-refractivity contribution in [2.45, 2.75) is 33.4 Å². The summed E-state index contributed by atoms with van der Waals surface area (Å²) < 4.78 is 10.9. The summed E-state index contributed by atoms with van der Waals surface area (Å²) in [6.45, 7) is 4.72. The van der Waals surface area contributed by atoms with E-state index < -0.39 is 0 Å². The van der Waals surface area contributed by atoms with Crippen LogP contribution in [0.25, 0.3) is 11.0 Å². The van der Waals surface area contributed by atoms with Crippen molar-refractivity contribution in [2.75, 3.05) is 0 Å². The van der Waals surface area contributed by atoms with Crippen molar-refractivity contribution in [1.29, 1.82) is 0 Å². The number of furan rings is 2. The van der Waals surface area contributed by atoms with E-state index in [1.807, 2.05) is 32.0 Å². The van der Waals surface area contributed by atoms with Gasteiger partial charge < -0.3 is 19.5 Å². The highest BCUT2D eigenvalue weighted by Crippen LogP contribution is 2.26. The first-order valence-corrected chi connectivity index (χ1v) is 10.1. The molecule has 0 saturated heterocycles. The Bertz CT molecular complexity index is 1220. The Labute approximate surface area is 180 Å². The summed E-state index contributed by atoms with van der Waals surface area (Å²) in [6, 6.07) is 14.8. The number of hydrogen-bond donors (Lipinski definition) is 2. The Balaban J connectivity index is 1.35. The van der Waals surface area contributed by atoms with Crippen molar-refractivity contribution in [1.82, 2.24) is 10.6 Å². The number of hydrogen-bond acceptors (Lipinski definition) is 4. The van der Waals surface area contributed by atoms with Crippen LogP contribution >= 0.6 is 0 Å². The Morgan fingerprint density at radius 1 is 0.935 bits per heavy atom. The minimum atomic E-state index is -0.194. The molecule has 2 aromatic carbocycles. The molecule has 0 atom stereocenters. The van der Waals surface area contributed by atoms with E-state index >= 15 is 0 Å². The monoisotopic (exact) mass is 416 g/mol. The van der Waals surface area contributed by atoms with Gasteiger partial charge in [-0.3, -0.25) is 9.59 Å². The van der Waals surface area contributed by atoms with Crippen LogP contribution in [0.5, 0.6) is 0 Å². The largest absolute Gasteiger partial charge is 0.467 e. The van der Waals surface area contributed by atoms with Gasteiger partial charge in [-0.2, -0.15) is 0 Å². The smallest absolute Gasteiger partial charge is 0.251 e. The van der Waals surface area contributed by atoms with Gasteiger partial charge in [0.05, 0.1) is 25.5 Å². The van der Waals surface area contributed by atoms with Crippen LogP contribution in [0.2, 0.25) is 0 Å². The number of carbonyl (C=O) groups is 2. The van der Waals surface area contributed by atoms with Gasteiger partial charge in [0.25, 0.3) is 5.91 Å². The van der Waals surface area contributed by atoms with E-state index in [2.05, 4.69) is 10.6 Å². The highest BCUT2D eigenvalue weighted by Gasteiger charge is 2.13. The number of amides is 2. The molecular formula is C25H24N2O4. The molecule has 2 aromatic heterocycles. The summed E-state index contributed by atoms with van der Waals surface area (Å²) in [5.41, 5.74) is 5.32. The third-order valence-electron chi connectivity index (χ3n) is 5.37. The maximum atomic E-state index is 12.5. The summed E-state index contributed by atoms with van der Waals surface area (Å²) in [7, 11) is 0. The second-order valence-electron chi connectivity index (χ2n) is 7.56. The number of carbonyl (C=O) groups excluding carboxylic acids is 2. The number of rotatable bonds is 7. The second kappa shape index (κ2) is 8.92. The molecule has 0 unspecified atom stereocenters. The normalized spacial score (nSPS) is 10.9. The molecule has 4 aromatic rings. The van der Waals surface area contributed by atoms with E-state index in [0.29, 0.717) is 24.4 Å². The Hall–Kier alpha value is -3.80. The molecular weight excluding hydrogens is 392 g/mol. The van der Waals surface area contributed by atoms with Gasteiger partial charge in [-0.1, -0.05) is 24.3 Å². The average Bonchev–Trinajstić information content (AvgIpc) is 3.44. The lowest BCUT2D eigenvalue weighted by Gasteiger charge is -2.08. The fraction of sp³-hybridized carbons (Fsp3) is 0.200.